The lowest BCUT2D eigenvalue weighted by Crippen LogP contribution is -2.41. The van der Waals surface area contributed by atoms with Crippen LogP contribution in [-0.4, -0.2) is 30.3 Å². The van der Waals surface area contributed by atoms with Gasteiger partial charge in [0.15, 0.2) is 6.61 Å². The van der Waals surface area contributed by atoms with Gasteiger partial charge in [-0.15, -0.1) is 0 Å². The minimum atomic E-state index is -0.697. The monoisotopic (exact) mass is 419 g/mol. The predicted molar refractivity (Wildman–Crippen MR) is 115 cm³/mol. The third-order valence-corrected chi connectivity index (χ3v) is 4.34. The van der Waals surface area contributed by atoms with Crippen LogP contribution in [0.5, 0.6) is 0 Å². The summed E-state index contributed by atoms with van der Waals surface area (Å²) in [5, 5.41) is 4.56. The van der Waals surface area contributed by atoms with Gasteiger partial charge < -0.3 is 10.1 Å². The van der Waals surface area contributed by atoms with Crippen molar-refractivity contribution in [2.45, 2.75) is 12.8 Å². The normalized spacial score (nSPS) is 10.2. The molecule has 0 aliphatic heterocycles. The van der Waals surface area contributed by atoms with Crippen LogP contribution in [0, 0.1) is 0 Å². The van der Waals surface area contributed by atoms with E-state index in [1.54, 1.807) is 36.4 Å². The molecule has 0 radical (unpaired) electrons. The summed E-state index contributed by atoms with van der Waals surface area (Å²) in [6.07, 6.45) is -0.423. The number of hydrogen-bond acceptors (Lipinski definition) is 5. The average molecular weight is 419 g/mol. The topological polar surface area (TPSA) is 114 Å². The first-order chi connectivity index (χ1) is 15.0. The second kappa shape index (κ2) is 10.5. The molecule has 31 heavy (non-hydrogen) atoms. The fourth-order valence-electron chi connectivity index (χ4n) is 2.81. The Morgan fingerprint density at radius 2 is 1.42 bits per heavy atom. The minimum absolute atomic E-state index is 0.196. The van der Waals surface area contributed by atoms with Gasteiger partial charge in [-0.3, -0.25) is 30.0 Å². The molecule has 0 aliphatic rings. The smallest absolute Gasteiger partial charge is 0.306 e. The average Bonchev–Trinajstić information content (AvgIpc) is 2.80. The van der Waals surface area contributed by atoms with Crippen LogP contribution in [0.25, 0.3) is 10.8 Å². The predicted octanol–water partition coefficient (Wildman–Crippen LogP) is 2.56. The molecule has 0 atom stereocenters. The largest absolute Gasteiger partial charge is 0.456 e. The van der Waals surface area contributed by atoms with Crippen molar-refractivity contribution in [1.29, 1.82) is 0 Å². The van der Waals surface area contributed by atoms with Crippen LogP contribution in [0.1, 0.15) is 23.2 Å². The molecule has 0 heterocycles. The Morgan fingerprint density at radius 1 is 0.710 bits per heavy atom. The molecule has 8 nitrogen and oxygen atoms in total. The van der Waals surface area contributed by atoms with Crippen LogP contribution in [0.4, 0.5) is 5.69 Å². The highest BCUT2D eigenvalue weighted by Crippen LogP contribution is 2.22. The summed E-state index contributed by atoms with van der Waals surface area (Å²) >= 11 is 0. The maximum Gasteiger partial charge on any atom is 0.306 e. The van der Waals surface area contributed by atoms with Crippen molar-refractivity contribution in [2.24, 2.45) is 0 Å². The fraction of sp³-hybridized carbons (Fsp3) is 0.130. The lowest BCUT2D eigenvalue weighted by Gasteiger charge is -2.09. The molecule has 3 N–H and O–H groups in total. The molecule has 3 aromatic rings. The highest BCUT2D eigenvalue weighted by atomic mass is 16.5. The first-order valence-electron chi connectivity index (χ1n) is 9.60. The Labute approximate surface area is 178 Å². The lowest BCUT2D eigenvalue weighted by molar-refractivity contribution is -0.148. The number of fused-ring (bicyclic) bond motifs is 1. The number of ether oxygens (including phenoxy) is 1. The molecule has 0 aliphatic carbocycles. The van der Waals surface area contributed by atoms with Gasteiger partial charge in [0.1, 0.15) is 0 Å². The molecule has 0 saturated carbocycles. The van der Waals surface area contributed by atoms with Crippen LogP contribution in [0.3, 0.4) is 0 Å². The van der Waals surface area contributed by atoms with Gasteiger partial charge in [0.2, 0.25) is 5.91 Å². The second-order valence-corrected chi connectivity index (χ2v) is 6.60. The molecule has 0 aromatic heterocycles. The molecular formula is C23H21N3O5. The van der Waals surface area contributed by atoms with Crippen LogP contribution in [-0.2, 0) is 19.1 Å². The number of hydrazine groups is 1. The lowest BCUT2D eigenvalue weighted by atomic mass is 10.1. The van der Waals surface area contributed by atoms with Crippen molar-refractivity contribution in [3.05, 3.63) is 78.4 Å². The Balaban J connectivity index is 1.37. The summed E-state index contributed by atoms with van der Waals surface area (Å²) < 4.78 is 4.92. The van der Waals surface area contributed by atoms with Crippen LogP contribution >= 0.6 is 0 Å². The van der Waals surface area contributed by atoms with Gasteiger partial charge >= 0.3 is 5.97 Å². The molecule has 0 saturated heterocycles. The van der Waals surface area contributed by atoms with Crippen LogP contribution < -0.4 is 16.2 Å². The molecular weight excluding hydrogens is 398 g/mol. The number of anilines is 1. The summed E-state index contributed by atoms with van der Waals surface area (Å²) in [5.74, 6) is -2.20. The van der Waals surface area contributed by atoms with Gasteiger partial charge in [0.25, 0.3) is 11.8 Å². The Morgan fingerprint density at radius 3 is 2.23 bits per heavy atom. The molecule has 158 valence electrons. The summed E-state index contributed by atoms with van der Waals surface area (Å²) in [5.41, 5.74) is 5.49. The van der Waals surface area contributed by atoms with E-state index >= 15 is 0 Å². The third kappa shape index (κ3) is 6.40. The zero-order valence-corrected chi connectivity index (χ0v) is 16.6. The third-order valence-electron chi connectivity index (χ3n) is 4.34. The Bertz CT molecular complexity index is 1090. The number of amides is 3. The Hall–Kier alpha value is -4.20. The maximum atomic E-state index is 12.1. The van der Waals surface area contributed by atoms with Gasteiger partial charge in [0, 0.05) is 23.1 Å². The van der Waals surface area contributed by atoms with E-state index in [1.165, 1.54) is 0 Å². The van der Waals surface area contributed by atoms with Crippen molar-refractivity contribution in [3.8, 4) is 0 Å². The summed E-state index contributed by atoms with van der Waals surface area (Å²) in [6.45, 7) is -0.464. The summed E-state index contributed by atoms with van der Waals surface area (Å²) in [4.78, 5) is 47.5. The van der Waals surface area contributed by atoms with E-state index in [4.69, 9.17) is 4.74 Å². The van der Waals surface area contributed by atoms with Crippen molar-refractivity contribution >= 4 is 40.2 Å². The van der Waals surface area contributed by atoms with E-state index in [0.29, 0.717) is 11.3 Å². The minimum Gasteiger partial charge on any atom is -0.456 e. The van der Waals surface area contributed by atoms with E-state index in [1.807, 2.05) is 36.4 Å². The Kier molecular flexibility index (Phi) is 7.31. The van der Waals surface area contributed by atoms with Crippen molar-refractivity contribution < 1.29 is 23.9 Å². The number of carbonyl (C=O) groups excluding carboxylic acids is 4. The standard InChI is InChI=1S/C23H21N3O5/c27-20(25-26-23(30)17-8-2-1-3-9-17)13-14-22(29)31-15-21(28)24-19-12-6-10-16-7-4-5-11-18(16)19/h1-12H,13-15H2,(H,24,28)(H,25,27)(H,26,30). The number of rotatable bonds is 7. The van der Waals surface area contributed by atoms with Gasteiger partial charge in [-0.05, 0) is 23.6 Å². The highest BCUT2D eigenvalue weighted by Gasteiger charge is 2.12. The van der Waals surface area contributed by atoms with E-state index in [0.717, 1.165) is 10.8 Å². The first kappa shape index (κ1) is 21.5. The van der Waals surface area contributed by atoms with E-state index in [9.17, 15) is 19.2 Å². The number of carbonyl (C=O) groups is 4. The van der Waals surface area contributed by atoms with E-state index < -0.39 is 30.3 Å². The van der Waals surface area contributed by atoms with Gasteiger partial charge in [-0.25, -0.2) is 0 Å². The quantitative estimate of drug-likeness (QED) is 0.402. The number of nitrogens with one attached hydrogen (secondary N) is 3. The first-order valence-corrected chi connectivity index (χ1v) is 9.60. The number of benzene rings is 3. The van der Waals surface area contributed by atoms with Crippen molar-refractivity contribution in [1.82, 2.24) is 10.9 Å². The molecule has 0 unspecified atom stereocenters. The zero-order valence-electron chi connectivity index (χ0n) is 16.6. The fourth-order valence-corrected chi connectivity index (χ4v) is 2.81. The molecule has 3 aromatic carbocycles. The van der Waals surface area contributed by atoms with Crippen molar-refractivity contribution in [3.63, 3.8) is 0 Å². The van der Waals surface area contributed by atoms with Gasteiger partial charge in [0.05, 0.1) is 6.42 Å². The SMILES string of the molecule is O=C(CCC(=O)OCC(=O)Nc1cccc2ccccc12)NNC(=O)c1ccccc1. The maximum absolute atomic E-state index is 12.1. The van der Waals surface area contributed by atoms with Crippen molar-refractivity contribution in [2.75, 3.05) is 11.9 Å². The molecule has 8 heteroatoms. The highest BCUT2D eigenvalue weighted by molar-refractivity contribution is 6.02. The van der Waals surface area contributed by atoms with Crippen LogP contribution in [0.15, 0.2) is 72.8 Å². The van der Waals surface area contributed by atoms with E-state index in [-0.39, 0.29) is 12.8 Å². The summed E-state index contributed by atoms with van der Waals surface area (Å²) in [7, 11) is 0. The van der Waals surface area contributed by atoms with Crippen LogP contribution in [0.2, 0.25) is 0 Å². The molecule has 3 amide bonds. The molecule has 3 rings (SSSR count). The van der Waals surface area contributed by atoms with E-state index in [2.05, 4.69) is 16.2 Å². The van der Waals surface area contributed by atoms with Gasteiger partial charge in [-0.1, -0.05) is 54.6 Å². The number of hydrogen-bond donors (Lipinski definition) is 3. The molecule has 0 spiro atoms. The zero-order chi connectivity index (χ0) is 22.1. The summed E-state index contributed by atoms with van der Waals surface area (Å²) in [6, 6.07) is 21.4. The molecule has 0 bridgehead atoms. The number of esters is 1. The second-order valence-electron chi connectivity index (χ2n) is 6.60. The molecule has 0 fully saturated rings. The van der Waals surface area contributed by atoms with Gasteiger partial charge in [-0.2, -0.15) is 0 Å².